The van der Waals surface area contributed by atoms with Gasteiger partial charge in [-0.05, 0) is 61.0 Å². The van der Waals surface area contributed by atoms with E-state index in [9.17, 15) is 19.7 Å². The highest BCUT2D eigenvalue weighted by molar-refractivity contribution is 8.00. The number of ether oxygens (including phenoxy) is 1. The molecule has 0 bridgehead atoms. The van der Waals surface area contributed by atoms with Crippen LogP contribution in [0.2, 0.25) is 0 Å². The van der Waals surface area contributed by atoms with Gasteiger partial charge in [-0.2, -0.15) is 0 Å². The molecule has 3 aromatic carbocycles. The summed E-state index contributed by atoms with van der Waals surface area (Å²) in [5.74, 6) is 0.736. The highest BCUT2D eigenvalue weighted by Gasteiger charge is 2.34. The van der Waals surface area contributed by atoms with Crippen LogP contribution in [0.4, 0.5) is 17.1 Å². The summed E-state index contributed by atoms with van der Waals surface area (Å²) in [5, 5.41) is 13.4. The van der Waals surface area contributed by atoms with Crippen molar-refractivity contribution in [1.82, 2.24) is 0 Å². The Morgan fingerprint density at radius 2 is 1.88 bits per heavy atom. The Morgan fingerprint density at radius 3 is 2.55 bits per heavy atom. The number of nitrogens with zero attached hydrogens (tertiary/aromatic N) is 2. The fraction of sp³-hybridized carbons (Fsp3) is 0.167. The first-order chi connectivity index (χ1) is 16.0. The molecule has 9 heteroatoms. The molecule has 0 aromatic heterocycles. The predicted molar refractivity (Wildman–Crippen MR) is 128 cm³/mol. The first kappa shape index (κ1) is 22.3. The lowest BCUT2D eigenvalue weighted by Gasteiger charge is -2.25. The molecule has 8 nitrogen and oxygen atoms in total. The van der Waals surface area contributed by atoms with Crippen molar-refractivity contribution < 1.29 is 19.2 Å². The van der Waals surface area contributed by atoms with E-state index in [-0.39, 0.29) is 22.9 Å². The molecule has 1 fully saturated rings. The zero-order valence-corrected chi connectivity index (χ0v) is 18.6. The van der Waals surface area contributed by atoms with Crippen LogP contribution in [0.1, 0.15) is 28.2 Å². The minimum atomic E-state index is -0.512. The number of amides is 2. The Hall–Kier alpha value is -3.85. The van der Waals surface area contributed by atoms with Gasteiger partial charge >= 0.3 is 0 Å². The van der Waals surface area contributed by atoms with Gasteiger partial charge in [-0.15, -0.1) is 11.8 Å². The van der Waals surface area contributed by atoms with Crippen LogP contribution >= 0.6 is 11.8 Å². The number of rotatable bonds is 7. The molecule has 1 saturated heterocycles. The number of thioether (sulfide) groups is 1. The fourth-order valence-corrected chi connectivity index (χ4v) is 4.69. The Bertz CT molecular complexity index is 1180. The molecule has 1 N–H and O–H groups in total. The molecule has 0 radical (unpaired) electrons. The molecule has 0 aliphatic carbocycles. The Kier molecular flexibility index (Phi) is 6.60. The van der Waals surface area contributed by atoms with Crippen LogP contribution in [0.15, 0.2) is 72.8 Å². The molecule has 3 aromatic rings. The largest absolute Gasteiger partial charge is 0.494 e. The summed E-state index contributed by atoms with van der Waals surface area (Å²) in [5.41, 5.74) is 2.46. The summed E-state index contributed by atoms with van der Waals surface area (Å²) in [6.45, 7) is 2.48. The molecule has 33 heavy (non-hydrogen) atoms. The number of anilines is 2. The third-order valence-electron chi connectivity index (χ3n) is 5.06. The molecule has 1 unspecified atom stereocenters. The van der Waals surface area contributed by atoms with Crippen LogP contribution in [0.3, 0.4) is 0 Å². The van der Waals surface area contributed by atoms with Crippen LogP contribution < -0.4 is 15.0 Å². The quantitative estimate of drug-likeness (QED) is 0.390. The molecule has 0 saturated carbocycles. The number of non-ortho nitro benzene ring substituents is 1. The maximum Gasteiger partial charge on any atom is 0.269 e. The van der Waals surface area contributed by atoms with Crippen molar-refractivity contribution in [2.45, 2.75) is 12.3 Å². The van der Waals surface area contributed by atoms with E-state index in [1.165, 1.54) is 36.0 Å². The van der Waals surface area contributed by atoms with Crippen LogP contribution in [0.5, 0.6) is 5.75 Å². The second-order valence-electron chi connectivity index (χ2n) is 7.24. The average Bonchev–Trinajstić information content (AvgIpc) is 3.21. The zero-order chi connectivity index (χ0) is 23.4. The Labute approximate surface area is 194 Å². The third kappa shape index (κ3) is 4.98. The predicted octanol–water partition coefficient (Wildman–Crippen LogP) is 5.02. The molecule has 1 aliphatic rings. The van der Waals surface area contributed by atoms with Crippen molar-refractivity contribution in [3.63, 3.8) is 0 Å². The van der Waals surface area contributed by atoms with Crippen molar-refractivity contribution in [2.75, 3.05) is 22.6 Å². The summed E-state index contributed by atoms with van der Waals surface area (Å²) >= 11 is 1.52. The van der Waals surface area contributed by atoms with E-state index in [2.05, 4.69) is 5.32 Å². The van der Waals surface area contributed by atoms with E-state index in [0.29, 0.717) is 23.6 Å². The van der Waals surface area contributed by atoms with Crippen molar-refractivity contribution in [3.05, 3.63) is 94.0 Å². The van der Waals surface area contributed by atoms with E-state index in [0.717, 1.165) is 17.0 Å². The van der Waals surface area contributed by atoms with E-state index in [1.54, 1.807) is 11.0 Å². The van der Waals surface area contributed by atoms with Crippen molar-refractivity contribution in [3.8, 4) is 5.75 Å². The number of nitro groups is 1. The molecule has 0 spiro atoms. The number of nitro benzene ring substituents is 1. The standard InChI is InChI=1S/C24H21N3O5S/c1-2-32-21-12-10-19(11-13-21)26-22(28)15-33-24(26)17-4-3-5-18(14-17)25-23(29)16-6-8-20(9-7-16)27(30)31/h3-14,24H,2,15H2,1H3,(H,25,29). The van der Waals surface area contributed by atoms with E-state index in [1.807, 2.05) is 49.4 Å². The normalized spacial score (nSPS) is 15.4. The summed E-state index contributed by atoms with van der Waals surface area (Å²) in [6.07, 6.45) is 0. The van der Waals surface area contributed by atoms with Crippen molar-refractivity contribution >= 4 is 40.6 Å². The van der Waals surface area contributed by atoms with E-state index >= 15 is 0 Å². The Balaban J connectivity index is 1.53. The van der Waals surface area contributed by atoms with Gasteiger partial charge in [0.2, 0.25) is 5.91 Å². The number of nitrogens with one attached hydrogen (secondary N) is 1. The lowest BCUT2D eigenvalue weighted by atomic mass is 10.1. The zero-order valence-electron chi connectivity index (χ0n) is 17.8. The second-order valence-corrected chi connectivity index (χ2v) is 8.31. The van der Waals surface area contributed by atoms with Gasteiger partial charge in [0, 0.05) is 29.1 Å². The smallest absolute Gasteiger partial charge is 0.269 e. The highest BCUT2D eigenvalue weighted by Crippen LogP contribution is 2.42. The number of carbonyl (C=O) groups is 2. The van der Waals surface area contributed by atoms with Gasteiger partial charge in [0.15, 0.2) is 0 Å². The van der Waals surface area contributed by atoms with Crippen molar-refractivity contribution in [2.24, 2.45) is 0 Å². The van der Waals surface area contributed by atoms with Crippen molar-refractivity contribution in [1.29, 1.82) is 0 Å². The number of hydrogen-bond donors (Lipinski definition) is 1. The Morgan fingerprint density at radius 1 is 1.15 bits per heavy atom. The maximum atomic E-state index is 12.6. The van der Waals surface area contributed by atoms with Crippen LogP contribution in [0.25, 0.3) is 0 Å². The SMILES string of the molecule is CCOc1ccc(N2C(=O)CSC2c2cccc(NC(=O)c3ccc([N+](=O)[O-])cc3)c2)cc1. The van der Waals surface area contributed by atoms with E-state index in [4.69, 9.17) is 4.74 Å². The molecule has 1 atom stereocenters. The molecule has 1 heterocycles. The summed E-state index contributed by atoms with van der Waals surface area (Å²) < 4.78 is 5.49. The van der Waals surface area contributed by atoms with Crippen LogP contribution in [-0.4, -0.2) is 29.1 Å². The molecular formula is C24H21N3O5S. The van der Waals surface area contributed by atoms with E-state index < -0.39 is 4.92 Å². The minimum absolute atomic E-state index is 0.00878. The summed E-state index contributed by atoms with van der Waals surface area (Å²) in [6, 6.07) is 20.1. The molecule has 4 rings (SSSR count). The number of benzene rings is 3. The molecule has 168 valence electrons. The van der Waals surface area contributed by atoms with Gasteiger partial charge in [-0.1, -0.05) is 12.1 Å². The monoisotopic (exact) mass is 463 g/mol. The summed E-state index contributed by atoms with van der Waals surface area (Å²) in [7, 11) is 0. The summed E-state index contributed by atoms with van der Waals surface area (Å²) in [4.78, 5) is 37.3. The third-order valence-corrected chi connectivity index (χ3v) is 6.28. The van der Waals surface area contributed by atoms with Crippen LogP contribution in [-0.2, 0) is 4.79 Å². The minimum Gasteiger partial charge on any atom is -0.494 e. The lowest BCUT2D eigenvalue weighted by molar-refractivity contribution is -0.384. The maximum absolute atomic E-state index is 12.6. The van der Waals surface area contributed by atoms with Crippen LogP contribution in [0, 0.1) is 10.1 Å². The first-order valence-corrected chi connectivity index (χ1v) is 11.3. The molecule has 2 amide bonds. The molecular weight excluding hydrogens is 442 g/mol. The lowest BCUT2D eigenvalue weighted by Crippen LogP contribution is -2.27. The topological polar surface area (TPSA) is 102 Å². The van der Waals surface area contributed by atoms with Gasteiger partial charge in [-0.3, -0.25) is 24.6 Å². The van der Waals surface area contributed by atoms with Gasteiger partial charge in [0.05, 0.1) is 17.3 Å². The van der Waals surface area contributed by atoms with Gasteiger partial charge in [-0.25, -0.2) is 0 Å². The highest BCUT2D eigenvalue weighted by atomic mass is 32.2. The average molecular weight is 464 g/mol. The number of carbonyl (C=O) groups excluding carboxylic acids is 2. The molecule has 1 aliphatic heterocycles. The van der Waals surface area contributed by atoms with Gasteiger partial charge < -0.3 is 10.1 Å². The number of hydrogen-bond acceptors (Lipinski definition) is 6. The van der Waals surface area contributed by atoms with Gasteiger partial charge in [0.25, 0.3) is 11.6 Å². The second kappa shape index (κ2) is 9.74. The fourth-order valence-electron chi connectivity index (χ4n) is 3.53. The van der Waals surface area contributed by atoms with Gasteiger partial charge in [0.1, 0.15) is 11.1 Å². The first-order valence-electron chi connectivity index (χ1n) is 10.3.